The molecule has 4 heteroatoms. The SMILES string of the molecule is CCS(=O)(=O)c1ccccc1C1(C=O)CC1. The molecule has 1 aromatic carbocycles. The molecular weight excluding hydrogens is 224 g/mol. The van der Waals surface area contributed by atoms with Gasteiger partial charge in [-0.1, -0.05) is 25.1 Å². The van der Waals surface area contributed by atoms with Crippen molar-refractivity contribution in [2.24, 2.45) is 0 Å². The number of aldehydes is 1. The summed E-state index contributed by atoms with van der Waals surface area (Å²) in [6.45, 7) is 1.62. The van der Waals surface area contributed by atoms with E-state index in [2.05, 4.69) is 0 Å². The first kappa shape index (κ1) is 11.3. The molecule has 3 nitrogen and oxygen atoms in total. The van der Waals surface area contributed by atoms with Crippen LogP contribution in [0.1, 0.15) is 25.3 Å². The fourth-order valence-corrected chi connectivity index (χ4v) is 3.09. The summed E-state index contributed by atoms with van der Waals surface area (Å²) in [5.41, 5.74) is 0.144. The molecule has 1 aliphatic rings. The van der Waals surface area contributed by atoms with Gasteiger partial charge in [0, 0.05) is 0 Å². The molecule has 16 heavy (non-hydrogen) atoms. The predicted molar refractivity (Wildman–Crippen MR) is 61.1 cm³/mol. The summed E-state index contributed by atoms with van der Waals surface area (Å²) >= 11 is 0. The van der Waals surface area contributed by atoms with Crippen molar-refractivity contribution < 1.29 is 13.2 Å². The quantitative estimate of drug-likeness (QED) is 0.750. The Morgan fingerprint density at radius 1 is 1.31 bits per heavy atom. The van der Waals surface area contributed by atoms with E-state index in [1.54, 1.807) is 31.2 Å². The topological polar surface area (TPSA) is 51.2 Å². The van der Waals surface area contributed by atoms with Gasteiger partial charge in [0.05, 0.1) is 16.1 Å². The van der Waals surface area contributed by atoms with Crippen LogP contribution in [0, 0.1) is 0 Å². The van der Waals surface area contributed by atoms with Crippen molar-refractivity contribution in [2.75, 3.05) is 5.75 Å². The van der Waals surface area contributed by atoms with Crippen LogP contribution in [0.2, 0.25) is 0 Å². The van der Waals surface area contributed by atoms with E-state index in [0.717, 1.165) is 19.1 Å². The zero-order valence-corrected chi connectivity index (χ0v) is 9.96. The fourth-order valence-electron chi connectivity index (χ4n) is 1.89. The van der Waals surface area contributed by atoms with Gasteiger partial charge in [-0.2, -0.15) is 0 Å². The van der Waals surface area contributed by atoms with E-state index in [4.69, 9.17) is 0 Å². The normalized spacial score (nSPS) is 18.1. The Kier molecular flexibility index (Phi) is 2.62. The number of hydrogen-bond donors (Lipinski definition) is 0. The van der Waals surface area contributed by atoms with E-state index in [0.29, 0.717) is 10.5 Å². The van der Waals surface area contributed by atoms with Crippen molar-refractivity contribution in [1.29, 1.82) is 0 Å². The molecule has 0 aliphatic heterocycles. The van der Waals surface area contributed by atoms with Gasteiger partial charge >= 0.3 is 0 Å². The second-order valence-corrected chi connectivity index (χ2v) is 6.42. The molecule has 0 spiro atoms. The Balaban J connectivity index is 2.60. The molecule has 0 heterocycles. The summed E-state index contributed by atoms with van der Waals surface area (Å²) in [5, 5.41) is 0. The van der Waals surface area contributed by atoms with E-state index >= 15 is 0 Å². The van der Waals surface area contributed by atoms with Crippen LogP contribution in [-0.4, -0.2) is 20.5 Å². The highest BCUT2D eigenvalue weighted by Crippen LogP contribution is 2.48. The van der Waals surface area contributed by atoms with Gasteiger partial charge in [0.1, 0.15) is 6.29 Å². The van der Waals surface area contributed by atoms with E-state index in [9.17, 15) is 13.2 Å². The lowest BCUT2D eigenvalue weighted by Crippen LogP contribution is -2.15. The number of benzene rings is 1. The third kappa shape index (κ3) is 1.67. The highest BCUT2D eigenvalue weighted by Gasteiger charge is 2.46. The fraction of sp³-hybridized carbons (Fsp3) is 0.417. The molecule has 0 bridgehead atoms. The van der Waals surface area contributed by atoms with E-state index in [-0.39, 0.29) is 5.75 Å². The smallest absolute Gasteiger partial charge is 0.178 e. The molecule has 0 radical (unpaired) electrons. The first-order valence-electron chi connectivity index (χ1n) is 5.34. The number of carbonyl (C=O) groups is 1. The van der Waals surface area contributed by atoms with E-state index < -0.39 is 15.3 Å². The summed E-state index contributed by atoms with van der Waals surface area (Å²) in [7, 11) is -3.24. The maximum absolute atomic E-state index is 11.9. The van der Waals surface area contributed by atoms with Crippen molar-refractivity contribution >= 4 is 16.1 Å². The Hall–Kier alpha value is -1.16. The van der Waals surface area contributed by atoms with Crippen LogP contribution in [0.3, 0.4) is 0 Å². The number of sulfone groups is 1. The third-order valence-corrected chi connectivity index (χ3v) is 4.94. The highest BCUT2D eigenvalue weighted by molar-refractivity contribution is 7.91. The molecule has 1 aromatic rings. The Morgan fingerprint density at radius 2 is 1.94 bits per heavy atom. The summed E-state index contributed by atoms with van der Waals surface area (Å²) in [5.74, 6) is 0.0684. The van der Waals surface area contributed by atoms with Crippen LogP contribution in [-0.2, 0) is 20.0 Å². The molecular formula is C12H14O3S. The number of hydrogen-bond acceptors (Lipinski definition) is 3. The lowest BCUT2D eigenvalue weighted by atomic mass is 9.98. The monoisotopic (exact) mass is 238 g/mol. The van der Waals surface area contributed by atoms with Crippen molar-refractivity contribution in [3.05, 3.63) is 29.8 Å². The average Bonchev–Trinajstić information content (AvgIpc) is 3.10. The standard InChI is InChI=1S/C12H14O3S/c1-2-16(14,15)11-6-4-3-5-10(11)12(9-13)7-8-12/h3-6,9H,2,7-8H2,1H3. The van der Waals surface area contributed by atoms with Crippen LogP contribution < -0.4 is 0 Å². The predicted octanol–water partition coefficient (Wildman–Crippen LogP) is 1.71. The molecule has 0 aromatic heterocycles. The molecule has 1 saturated carbocycles. The second kappa shape index (κ2) is 3.70. The molecule has 1 fully saturated rings. The van der Waals surface area contributed by atoms with Crippen molar-refractivity contribution in [3.8, 4) is 0 Å². The van der Waals surface area contributed by atoms with Crippen LogP contribution >= 0.6 is 0 Å². The summed E-state index contributed by atoms with van der Waals surface area (Å²) in [4.78, 5) is 11.4. The Morgan fingerprint density at radius 3 is 2.44 bits per heavy atom. The van der Waals surface area contributed by atoms with Crippen LogP contribution in [0.5, 0.6) is 0 Å². The van der Waals surface area contributed by atoms with Crippen LogP contribution in [0.25, 0.3) is 0 Å². The maximum Gasteiger partial charge on any atom is 0.178 e. The van der Waals surface area contributed by atoms with Crippen LogP contribution in [0.15, 0.2) is 29.2 Å². The number of carbonyl (C=O) groups excluding carboxylic acids is 1. The molecule has 0 N–H and O–H groups in total. The average molecular weight is 238 g/mol. The Labute approximate surface area is 95.4 Å². The zero-order chi connectivity index (χ0) is 11.8. The van der Waals surface area contributed by atoms with E-state index in [1.165, 1.54) is 0 Å². The van der Waals surface area contributed by atoms with Crippen molar-refractivity contribution in [2.45, 2.75) is 30.1 Å². The molecule has 86 valence electrons. The van der Waals surface area contributed by atoms with Crippen molar-refractivity contribution in [1.82, 2.24) is 0 Å². The molecule has 1 aliphatic carbocycles. The van der Waals surface area contributed by atoms with Gasteiger partial charge in [-0.3, -0.25) is 0 Å². The zero-order valence-electron chi connectivity index (χ0n) is 9.14. The third-order valence-electron chi connectivity index (χ3n) is 3.15. The molecule has 0 atom stereocenters. The summed E-state index contributed by atoms with van der Waals surface area (Å²) < 4.78 is 23.8. The highest BCUT2D eigenvalue weighted by atomic mass is 32.2. The molecule has 0 unspecified atom stereocenters. The lowest BCUT2D eigenvalue weighted by molar-refractivity contribution is -0.109. The van der Waals surface area contributed by atoms with Crippen molar-refractivity contribution in [3.63, 3.8) is 0 Å². The second-order valence-electron chi connectivity index (χ2n) is 4.17. The minimum atomic E-state index is -3.24. The Bertz CT molecular complexity index is 513. The molecule has 0 amide bonds. The van der Waals surface area contributed by atoms with Crippen LogP contribution in [0.4, 0.5) is 0 Å². The summed E-state index contributed by atoms with van der Waals surface area (Å²) in [6.07, 6.45) is 2.40. The molecule has 2 rings (SSSR count). The van der Waals surface area contributed by atoms with E-state index in [1.807, 2.05) is 0 Å². The van der Waals surface area contributed by atoms with Gasteiger partial charge in [-0.15, -0.1) is 0 Å². The number of rotatable bonds is 4. The van der Waals surface area contributed by atoms with Gasteiger partial charge in [0.2, 0.25) is 0 Å². The van der Waals surface area contributed by atoms with Gasteiger partial charge in [0.25, 0.3) is 0 Å². The molecule has 0 saturated heterocycles. The minimum Gasteiger partial charge on any atom is -0.302 e. The maximum atomic E-state index is 11.9. The van der Waals surface area contributed by atoms with Gasteiger partial charge in [-0.25, -0.2) is 8.42 Å². The summed E-state index contributed by atoms with van der Waals surface area (Å²) in [6, 6.07) is 6.84. The largest absolute Gasteiger partial charge is 0.302 e. The van der Waals surface area contributed by atoms with Gasteiger partial charge < -0.3 is 4.79 Å². The van der Waals surface area contributed by atoms with Gasteiger partial charge in [-0.05, 0) is 24.5 Å². The van der Waals surface area contributed by atoms with Gasteiger partial charge in [0.15, 0.2) is 9.84 Å². The lowest BCUT2D eigenvalue weighted by Gasteiger charge is -2.13. The first-order chi connectivity index (χ1) is 7.56. The minimum absolute atomic E-state index is 0.0684. The first-order valence-corrected chi connectivity index (χ1v) is 6.99.